The third-order valence-corrected chi connectivity index (χ3v) is 0.806. The minimum Gasteiger partial charge on any atom is -0.248 e. The summed E-state index contributed by atoms with van der Waals surface area (Å²) in [5, 5.41) is 0. The van der Waals surface area contributed by atoms with Gasteiger partial charge in [-0.15, -0.1) is 0 Å². The zero-order valence-corrected chi connectivity index (χ0v) is 3.65. The van der Waals surface area contributed by atoms with Crippen LogP contribution in [-0.4, -0.2) is 12.8 Å². The van der Waals surface area contributed by atoms with E-state index in [1.165, 1.54) is 6.42 Å². The Morgan fingerprint density at radius 2 is 2.50 bits per heavy atom. The summed E-state index contributed by atoms with van der Waals surface area (Å²) >= 11 is 0. The van der Waals surface area contributed by atoms with Crippen molar-refractivity contribution in [1.82, 2.24) is 0 Å². The average molecular weight is 82.1 g/mol. The summed E-state index contributed by atoms with van der Waals surface area (Å²) in [6.07, 6.45) is 7.32. The molecule has 0 aromatic heterocycles. The van der Waals surface area contributed by atoms with Crippen LogP contribution in [0.3, 0.4) is 0 Å². The Hall–Kier alpha value is -0.590. The van der Waals surface area contributed by atoms with Crippen LogP contribution in [0.1, 0.15) is 6.42 Å². The van der Waals surface area contributed by atoms with Crippen LogP contribution in [0, 0.1) is 0 Å². The SMILES string of the molecule is C1=CCC[NH+]=C1. The molecule has 0 spiro atoms. The molecule has 0 atom stereocenters. The molecule has 1 nitrogen and oxygen atoms in total. The summed E-state index contributed by atoms with van der Waals surface area (Å²) < 4.78 is 0. The fourth-order valence-electron chi connectivity index (χ4n) is 0.482. The van der Waals surface area contributed by atoms with E-state index in [4.69, 9.17) is 0 Å². The lowest BCUT2D eigenvalue weighted by atomic mass is 10.3. The molecule has 1 rings (SSSR count). The largest absolute Gasteiger partial charge is 0.248 e. The van der Waals surface area contributed by atoms with E-state index in [-0.39, 0.29) is 0 Å². The molecule has 1 aliphatic rings. The van der Waals surface area contributed by atoms with Gasteiger partial charge in [0.05, 0.1) is 0 Å². The first kappa shape index (κ1) is 3.59. The summed E-state index contributed by atoms with van der Waals surface area (Å²) in [5.74, 6) is 0. The van der Waals surface area contributed by atoms with Gasteiger partial charge in [-0.1, -0.05) is 6.08 Å². The van der Waals surface area contributed by atoms with Crippen LogP contribution >= 0.6 is 0 Å². The van der Waals surface area contributed by atoms with Crippen LogP contribution < -0.4 is 4.99 Å². The number of hydrogen-bond acceptors (Lipinski definition) is 0. The van der Waals surface area contributed by atoms with Crippen LogP contribution in [0.25, 0.3) is 0 Å². The number of allylic oxidation sites excluding steroid dienone is 1. The predicted molar refractivity (Wildman–Crippen MR) is 25.7 cm³/mol. The third-order valence-electron chi connectivity index (χ3n) is 0.806. The Bertz CT molecular complexity index is 69.9. The summed E-state index contributed by atoms with van der Waals surface area (Å²) in [6, 6.07) is 0. The van der Waals surface area contributed by atoms with Crippen molar-refractivity contribution < 1.29 is 4.99 Å². The molecule has 0 radical (unpaired) electrons. The Morgan fingerprint density at radius 3 is 2.67 bits per heavy atom. The van der Waals surface area contributed by atoms with Crippen molar-refractivity contribution in [2.45, 2.75) is 6.42 Å². The normalized spacial score (nSPS) is 18.7. The summed E-state index contributed by atoms with van der Waals surface area (Å²) in [5.41, 5.74) is 0. The van der Waals surface area contributed by atoms with Crippen molar-refractivity contribution in [2.75, 3.05) is 6.54 Å². The molecule has 0 aliphatic carbocycles. The molecule has 1 aliphatic heterocycles. The molecule has 0 unspecified atom stereocenters. The Morgan fingerprint density at radius 1 is 1.50 bits per heavy atom. The van der Waals surface area contributed by atoms with E-state index < -0.39 is 0 Å². The monoisotopic (exact) mass is 82.1 g/mol. The number of nitrogens with one attached hydrogen (secondary N) is 1. The highest BCUT2D eigenvalue weighted by molar-refractivity contribution is 5.65. The van der Waals surface area contributed by atoms with Crippen LogP contribution in [0.4, 0.5) is 0 Å². The topological polar surface area (TPSA) is 14.0 Å². The minimum absolute atomic E-state index is 1.11. The third kappa shape index (κ3) is 0.677. The molecule has 1 heterocycles. The van der Waals surface area contributed by atoms with Gasteiger partial charge in [0.1, 0.15) is 6.54 Å². The standard InChI is InChI=1S/C5H7N/c1-2-4-6-5-3-1/h1-2,4H,3,5H2/p+1. The van der Waals surface area contributed by atoms with Crippen LogP contribution in [0.5, 0.6) is 0 Å². The smallest absolute Gasteiger partial charge is 0.161 e. The van der Waals surface area contributed by atoms with Gasteiger partial charge < -0.3 is 0 Å². The lowest BCUT2D eigenvalue weighted by Crippen LogP contribution is -2.69. The molecule has 1 heteroatoms. The van der Waals surface area contributed by atoms with Crippen molar-refractivity contribution in [3.8, 4) is 0 Å². The first-order chi connectivity index (χ1) is 3.00. The van der Waals surface area contributed by atoms with E-state index in [9.17, 15) is 0 Å². The van der Waals surface area contributed by atoms with Crippen LogP contribution in [0.15, 0.2) is 12.2 Å². The lowest BCUT2D eigenvalue weighted by Gasteiger charge is -1.82. The number of rotatable bonds is 0. The van der Waals surface area contributed by atoms with Gasteiger partial charge >= 0.3 is 0 Å². The molecule has 0 saturated carbocycles. The highest BCUT2D eigenvalue weighted by Gasteiger charge is 1.84. The van der Waals surface area contributed by atoms with Gasteiger partial charge in [0, 0.05) is 6.42 Å². The molecule has 1 N–H and O–H groups in total. The molecular weight excluding hydrogens is 74.1 g/mol. The molecule has 0 bridgehead atoms. The summed E-state index contributed by atoms with van der Waals surface area (Å²) in [4.78, 5) is 3.07. The van der Waals surface area contributed by atoms with Crippen LogP contribution in [-0.2, 0) is 0 Å². The first-order valence-electron chi connectivity index (χ1n) is 2.22. The average Bonchev–Trinajstić information content (AvgIpc) is 1.72. The molecule has 0 fully saturated rings. The van der Waals surface area contributed by atoms with E-state index in [2.05, 4.69) is 11.1 Å². The lowest BCUT2D eigenvalue weighted by molar-refractivity contribution is -0.451. The van der Waals surface area contributed by atoms with E-state index in [0.29, 0.717) is 0 Å². The van der Waals surface area contributed by atoms with Gasteiger partial charge in [-0.05, 0) is 6.08 Å². The first-order valence-corrected chi connectivity index (χ1v) is 2.22. The van der Waals surface area contributed by atoms with Gasteiger partial charge in [-0.25, -0.2) is 4.99 Å². The molecule has 32 valence electrons. The second-order valence-electron chi connectivity index (χ2n) is 1.34. The molecule has 6 heavy (non-hydrogen) atoms. The molecular formula is C5H8N+. The maximum atomic E-state index is 3.07. The van der Waals surface area contributed by atoms with Gasteiger partial charge in [-0.2, -0.15) is 0 Å². The summed E-state index contributed by atoms with van der Waals surface area (Å²) in [6.45, 7) is 1.11. The van der Waals surface area contributed by atoms with Crippen molar-refractivity contribution >= 4 is 6.21 Å². The van der Waals surface area contributed by atoms with Gasteiger partial charge in [0.2, 0.25) is 0 Å². The Balaban J connectivity index is 2.46. The zero-order chi connectivity index (χ0) is 4.24. The maximum absolute atomic E-state index is 3.07. The molecule has 0 amide bonds. The van der Waals surface area contributed by atoms with E-state index in [0.717, 1.165) is 6.54 Å². The maximum Gasteiger partial charge on any atom is 0.161 e. The van der Waals surface area contributed by atoms with Crippen LogP contribution in [0.2, 0.25) is 0 Å². The second-order valence-corrected chi connectivity index (χ2v) is 1.34. The Labute approximate surface area is 37.4 Å². The van der Waals surface area contributed by atoms with Gasteiger partial charge in [0.15, 0.2) is 6.21 Å². The highest BCUT2D eigenvalue weighted by atomic mass is 14.7. The van der Waals surface area contributed by atoms with Crippen molar-refractivity contribution in [3.05, 3.63) is 12.2 Å². The minimum atomic E-state index is 1.11. The predicted octanol–water partition coefficient (Wildman–Crippen LogP) is -0.902. The van der Waals surface area contributed by atoms with E-state index >= 15 is 0 Å². The number of hydrogen-bond donors (Lipinski definition) is 1. The van der Waals surface area contributed by atoms with Crippen molar-refractivity contribution in [2.24, 2.45) is 0 Å². The molecule has 0 aromatic rings. The van der Waals surface area contributed by atoms with E-state index in [1.54, 1.807) is 0 Å². The highest BCUT2D eigenvalue weighted by Crippen LogP contribution is 1.74. The van der Waals surface area contributed by atoms with Crippen molar-refractivity contribution in [3.63, 3.8) is 0 Å². The summed E-state index contributed by atoms with van der Waals surface area (Å²) in [7, 11) is 0. The fourth-order valence-corrected chi connectivity index (χ4v) is 0.482. The Kier molecular flexibility index (Phi) is 1.05. The quantitative estimate of drug-likeness (QED) is 0.389. The molecule has 0 saturated heterocycles. The van der Waals surface area contributed by atoms with Gasteiger partial charge in [-0.3, -0.25) is 0 Å². The second kappa shape index (κ2) is 1.75. The zero-order valence-electron chi connectivity index (χ0n) is 3.65. The fraction of sp³-hybridized carbons (Fsp3) is 0.400. The van der Waals surface area contributed by atoms with E-state index in [1.807, 2.05) is 12.3 Å². The van der Waals surface area contributed by atoms with Crippen molar-refractivity contribution in [1.29, 1.82) is 0 Å². The van der Waals surface area contributed by atoms with Gasteiger partial charge in [0.25, 0.3) is 0 Å². The molecule has 0 aromatic carbocycles.